The fraction of sp³-hybridized carbons (Fsp3) is 0.250. The molecule has 0 spiro atoms. The van der Waals surface area contributed by atoms with Gasteiger partial charge in [-0.2, -0.15) is 0 Å². The summed E-state index contributed by atoms with van der Waals surface area (Å²) in [5.41, 5.74) is 0.275. The van der Waals surface area contributed by atoms with Crippen molar-refractivity contribution >= 4 is 24.2 Å². The van der Waals surface area contributed by atoms with Gasteiger partial charge in [0.25, 0.3) is 0 Å². The Morgan fingerprint density at radius 2 is 2.07 bits per heavy atom. The molecule has 76 valence electrons. The Hall–Kier alpha value is -0.775. The van der Waals surface area contributed by atoms with E-state index in [4.69, 9.17) is 26.4 Å². The Morgan fingerprint density at radius 3 is 2.50 bits per heavy atom. The van der Waals surface area contributed by atoms with Crippen molar-refractivity contribution in [3.63, 3.8) is 0 Å². The maximum Gasteiger partial charge on any atom is 0.491 e. The van der Waals surface area contributed by atoms with E-state index < -0.39 is 12.9 Å². The van der Waals surface area contributed by atoms with Crippen LogP contribution in [-0.4, -0.2) is 24.3 Å². The lowest BCUT2D eigenvalue weighted by molar-refractivity contribution is 0.384. The van der Waals surface area contributed by atoms with Crippen LogP contribution in [0.2, 0.25) is 5.02 Å². The van der Waals surface area contributed by atoms with Crippen molar-refractivity contribution in [3.05, 3.63) is 22.5 Å². The molecule has 0 bridgehead atoms. The van der Waals surface area contributed by atoms with Gasteiger partial charge in [0.15, 0.2) is 11.6 Å². The molecule has 0 aliphatic carbocycles. The standard InChI is InChI=1S/C8H9BClFO3/c1-4-3-5(9(12)13)7(11)8(14-2)6(4)10/h3,12-13H,1-2H3. The first-order chi connectivity index (χ1) is 6.49. The molecule has 1 aromatic carbocycles. The molecule has 0 saturated carbocycles. The van der Waals surface area contributed by atoms with Crippen LogP contribution < -0.4 is 10.2 Å². The number of hydrogen-bond donors (Lipinski definition) is 2. The predicted octanol–water partition coefficient (Wildman–Crippen LogP) is 0.476. The van der Waals surface area contributed by atoms with Gasteiger partial charge in [-0.15, -0.1) is 0 Å². The SMILES string of the molecule is COc1c(F)c(B(O)O)cc(C)c1Cl. The lowest BCUT2D eigenvalue weighted by Gasteiger charge is -2.11. The summed E-state index contributed by atoms with van der Waals surface area (Å²) < 4.78 is 18.2. The van der Waals surface area contributed by atoms with Crippen LogP contribution in [0.3, 0.4) is 0 Å². The van der Waals surface area contributed by atoms with Gasteiger partial charge in [0, 0.05) is 5.46 Å². The van der Waals surface area contributed by atoms with Crippen LogP contribution in [0.5, 0.6) is 5.75 Å². The molecule has 3 nitrogen and oxygen atoms in total. The molecular weight excluding hydrogens is 209 g/mol. The van der Waals surface area contributed by atoms with Crippen molar-refractivity contribution in [2.75, 3.05) is 7.11 Å². The van der Waals surface area contributed by atoms with Crippen molar-refractivity contribution in [3.8, 4) is 5.75 Å². The van der Waals surface area contributed by atoms with Gasteiger partial charge in [0.2, 0.25) is 0 Å². The van der Waals surface area contributed by atoms with Gasteiger partial charge >= 0.3 is 7.12 Å². The lowest BCUT2D eigenvalue weighted by atomic mass is 9.79. The van der Waals surface area contributed by atoms with Crippen molar-refractivity contribution in [2.45, 2.75) is 6.92 Å². The summed E-state index contributed by atoms with van der Waals surface area (Å²) in [6.07, 6.45) is 0. The third-order valence-corrected chi connectivity index (χ3v) is 2.32. The maximum atomic E-state index is 13.4. The van der Waals surface area contributed by atoms with E-state index in [1.165, 1.54) is 13.2 Å². The highest BCUT2D eigenvalue weighted by molar-refractivity contribution is 6.59. The van der Waals surface area contributed by atoms with Crippen molar-refractivity contribution in [1.29, 1.82) is 0 Å². The van der Waals surface area contributed by atoms with Crippen LogP contribution >= 0.6 is 11.6 Å². The summed E-state index contributed by atoms with van der Waals surface area (Å²) in [4.78, 5) is 0. The molecule has 6 heteroatoms. The average Bonchev–Trinajstić information content (AvgIpc) is 2.12. The quantitative estimate of drug-likeness (QED) is 0.710. The van der Waals surface area contributed by atoms with Gasteiger partial charge in [0.1, 0.15) is 0 Å². The number of aryl methyl sites for hydroxylation is 1. The molecule has 0 unspecified atom stereocenters. The summed E-state index contributed by atoms with van der Waals surface area (Å²) in [6, 6.07) is 1.27. The first-order valence-electron chi connectivity index (χ1n) is 3.87. The summed E-state index contributed by atoms with van der Waals surface area (Å²) >= 11 is 5.75. The molecule has 0 aromatic heterocycles. The first kappa shape index (κ1) is 11.3. The molecule has 0 fully saturated rings. The third kappa shape index (κ3) is 1.84. The largest absolute Gasteiger partial charge is 0.492 e. The summed E-state index contributed by atoms with van der Waals surface area (Å²) in [6.45, 7) is 1.62. The lowest BCUT2D eigenvalue weighted by Crippen LogP contribution is -2.33. The van der Waals surface area contributed by atoms with Gasteiger partial charge in [-0.1, -0.05) is 17.7 Å². The molecule has 1 rings (SSSR count). The van der Waals surface area contributed by atoms with Gasteiger partial charge < -0.3 is 14.8 Å². The second-order valence-electron chi connectivity index (χ2n) is 2.82. The molecule has 1 aromatic rings. The number of methoxy groups -OCH3 is 1. The minimum atomic E-state index is -1.88. The zero-order valence-corrected chi connectivity index (χ0v) is 8.47. The van der Waals surface area contributed by atoms with Crippen LogP contribution in [-0.2, 0) is 0 Å². The van der Waals surface area contributed by atoms with Crippen molar-refractivity contribution in [2.24, 2.45) is 0 Å². The topological polar surface area (TPSA) is 49.7 Å². The van der Waals surface area contributed by atoms with Crippen LogP contribution in [0.1, 0.15) is 5.56 Å². The van der Waals surface area contributed by atoms with Crippen molar-refractivity contribution in [1.82, 2.24) is 0 Å². The fourth-order valence-corrected chi connectivity index (χ4v) is 1.35. The third-order valence-electron chi connectivity index (χ3n) is 1.85. The number of benzene rings is 1. The first-order valence-corrected chi connectivity index (χ1v) is 4.25. The molecule has 0 aliphatic rings. The van der Waals surface area contributed by atoms with Crippen LogP contribution in [0.4, 0.5) is 4.39 Å². The average molecular weight is 218 g/mol. The summed E-state index contributed by atoms with van der Waals surface area (Å²) in [7, 11) is -0.614. The van der Waals surface area contributed by atoms with Gasteiger partial charge in [0.05, 0.1) is 12.1 Å². The summed E-state index contributed by atoms with van der Waals surface area (Å²) in [5.74, 6) is -1.02. The van der Waals surface area contributed by atoms with E-state index in [2.05, 4.69) is 0 Å². The molecule has 0 amide bonds. The normalized spacial score (nSPS) is 10.1. The van der Waals surface area contributed by atoms with Crippen LogP contribution in [0.15, 0.2) is 6.07 Å². The molecule has 2 N–H and O–H groups in total. The van der Waals surface area contributed by atoms with Crippen LogP contribution in [0.25, 0.3) is 0 Å². The summed E-state index contributed by atoms with van der Waals surface area (Å²) in [5, 5.41) is 17.8. The Balaban J connectivity index is 3.42. The van der Waals surface area contributed by atoms with E-state index in [1.807, 2.05) is 0 Å². The van der Waals surface area contributed by atoms with E-state index in [1.54, 1.807) is 6.92 Å². The zero-order chi connectivity index (χ0) is 10.9. The minimum absolute atomic E-state index is 0.134. The number of halogens is 2. The predicted molar refractivity (Wildman–Crippen MR) is 52.5 cm³/mol. The van der Waals surface area contributed by atoms with Crippen molar-refractivity contribution < 1.29 is 19.2 Å². The highest BCUT2D eigenvalue weighted by atomic mass is 35.5. The molecule has 0 atom stereocenters. The van der Waals surface area contributed by atoms with Gasteiger partial charge in [-0.05, 0) is 12.5 Å². The smallest absolute Gasteiger partial charge is 0.491 e. The Morgan fingerprint density at radius 1 is 1.50 bits per heavy atom. The van der Waals surface area contributed by atoms with Gasteiger partial charge in [-0.25, -0.2) is 4.39 Å². The second kappa shape index (κ2) is 4.17. The fourth-order valence-electron chi connectivity index (χ4n) is 1.13. The van der Waals surface area contributed by atoms with E-state index in [0.29, 0.717) is 5.56 Å². The zero-order valence-electron chi connectivity index (χ0n) is 7.71. The number of rotatable bonds is 2. The van der Waals surface area contributed by atoms with E-state index in [9.17, 15) is 4.39 Å². The molecule has 14 heavy (non-hydrogen) atoms. The Kier molecular flexibility index (Phi) is 3.36. The van der Waals surface area contributed by atoms with Crippen LogP contribution in [0, 0.1) is 12.7 Å². The molecule has 0 heterocycles. The monoisotopic (exact) mass is 218 g/mol. The van der Waals surface area contributed by atoms with E-state index in [-0.39, 0.29) is 16.2 Å². The maximum absolute atomic E-state index is 13.4. The second-order valence-corrected chi connectivity index (χ2v) is 3.20. The highest BCUT2D eigenvalue weighted by Crippen LogP contribution is 2.29. The highest BCUT2D eigenvalue weighted by Gasteiger charge is 2.23. The minimum Gasteiger partial charge on any atom is -0.492 e. The molecule has 0 radical (unpaired) electrons. The number of ether oxygens (including phenoxy) is 1. The molecular formula is C8H9BClFO3. The molecule has 0 aliphatic heterocycles. The van der Waals surface area contributed by atoms with E-state index in [0.717, 1.165) is 0 Å². The van der Waals surface area contributed by atoms with E-state index >= 15 is 0 Å². The molecule has 0 saturated heterocycles. The number of hydrogen-bond acceptors (Lipinski definition) is 3. The Labute approximate surface area is 86.2 Å². The Bertz CT molecular complexity index is 357. The van der Waals surface area contributed by atoms with Gasteiger partial charge in [-0.3, -0.25) is 0 Å².